The van der Waals surface area contributed by atoms with Crippen molar-refractivity contribution in [3.8, 4) is 0 Å². The van der Waals surface area contributed by atoms with Gasteiger partial charge in [0.1, 0.15) is 23.2 Å². The van der Waals surface area contributed by atoms with Crippen LogP contribution >= 0.6 is 36.3 Å². The first-order valence-corrected chi connectivity index (χ1v) is 23.5. The number of hydrogen-bond donors (Lipinski definition) is 0. The maximum absolute atomic E-state index is 5.01. The van der Waals surface area contributed by atoms with Gasteiger partial charge in [-0.3, -0.25) is 0 Å². The molecule has 0 aromatic heterocycles. The van der Waals surface area contributed by atoms with Crippen molar-refractivity contribution in [3.63, 3.8) is 0 Å². The van der Waals surface area contributed by atoms with Crippen molar-refractivity contribution in [3.05, 3.63) is 127 Å². The first-order chi connectivity index (χ1) is 14.6. The third-order valence-electron chi connectivity index (χ3n) is 4.85. The molecule has 4 rings (SSSR count). The first kappa shape index (κ1) is 23.5. The molecule has 0 aliphatic heterocycles. The number of rotatable bonds is 5. The van der Waals surface area contributed by atoms with E-state index in [1.807, 2.05) is 0 Å². The topological polar surface area (TPSA) is 0 Å². The van der Waals surface area contributed by atoms with Gasteiger partial charge in [0, 0.05) is 0 Å². The molecule has 5 heteroatoms. The van der Waals surface area contributed by atoms with E-state index in [4.69, 9.17) is 29.1 Å². The molecule has 0 aliphatic carbocycles. The second-order valence-corrected chi connectivity index (χ2v) is 24.1. The van der Waals surface area contributed by atoms with Gasteiger partial charge in [0.25, 0.3) is 0 Å². The minimum Gasteiger partial charge on any atom is -0.0622 e. The summed E-state index contributed by atoms with van der Waals surface area (Å²) in [7, 11) is 13.3. The van der Waals surface area contributed by atoms with Crippen LogP contribution in [0.4, 0.5) is 0 Å². The van der Waals surface area contributed by atoms with Crippen LogP contribution in [0.25, 0.3) is 0 Å². The zero-order valence-electron chi connectivity index (χ0n) is 16.5. The van der Waals surface area contributed by atoms with Gasteiger partial charge in [-0.25, -0.2) is 0 Å². The fourth-order valence-corrected chi connectivity index (χ4v) is 7.87. The molecule has 0 aliphatic rings. The molecule has 4 aromatic carbocycles. The van der Waals surface area contributed by atoms with Gasteiger partial charge >= 0.3 is 42.1 Å². The van der Waals surface area contributed by atoms with E-state index >= 15 is 0 Å². The van der Waals surface area contributed by atoms with Crippen LogP contribution in [0, 0.1) is 0 Å². The van der Waals surface area contributed by atoms with Crippen molar-refractivity contribution >= 4 is 52.2 Å². The average molecular weight is 525 g/mol. The molecule has 0 amide bonds. The van der Waals surface area contributed by atoms with Crippen molar-refractivity contribution in [2.75, 3.05) is 0 Å². The van der Waals surface area contributed by atoms with Crippen molar-refractivity contribution in [2.24, 2.45) is 0 Å². The van der Waals surface area contributed by atoms with E-state index < -0.39 is 20.2 Å². The van der Waals surface area contributed by atoms with E-state index in [9.17, 15) is 0 Å². The van der Waals surface area contributed by atoms with Gasteiger partial charge < -0.3 is 0 Å². The van der Waals surface area contributed by atoms with Crippen LogP contribution in [-0.4, -0.2) is 0 Å². The Morgan fingerprint density at radius 2 is 0.733 bits per heavy atom. The number of benzene rings is 4. The summed E-state index contributed by atoms with van der Waals surface area (Å²) in [6.07, 6.45) is 1.03. The molecule has 0 nitrogen and oxygen atoms in total. The smallest absolute Gasteiger partial charge is 0.0622 e. The first-order valence-electron chi connectivity index (χ1n) is 9.79. The molecule has 0 bridgehead atoms. The Balaban J connectivity index is 0.000000589. The fraction of sp³-hybridized carbons (Fsp3) is 0.0400. The molecule has 150 valence electrons. The van der Waals surface area contributed by atoms with E-state index in [1.54, 1.807) is 0 Å². The number of hydrogen-bond acceptors (Lipinski definition) is 0. The fourth-order valence-electron chi connectivity index (χ4n) is 3.63. The van der Waals surface area contributed by atoms with Gasteiger partial charge in [-0.15, -0.1) is 0 Å². The summed E-state index contributed by atoms with van der Waals surface area (Å²) in [5, 5.41) is 4.30. The molecule has 30 heavy (non-hydrogen) atoms. The summed E-state index contributed by atoms with van der Waals surface area (Å²) in [4.78, 5) is 0. The standard InChI is InChI=1S/C25H22P.3ClH.Zn/c1-5-13-22(14-6-1)21-26(23-15-7-2-8-16-23,24-17-9-3-10-18-24)25-19-11-4-12-20-25;;;;/h1-20H,21H2;3*1H;/q+1;;;;+2/p-3. The Bertz CT molecular complexity index is 898. The van der Waals surface area contributed by atoms with Gasteiger partial charge in [0.2, 0.25) is 0 Å². The predicted octanol–water partition coefficient (Wildman–Crippen LogP) is 7.25. The molecule has 0 unspecified atom stereocenters. The molecule has 0 saturated carbocycles. The van der Waals surface area contributed by atoms with E-state index in [0.717, 1.165) is 6.16 Å². The minimum atomic E-state index is -2.21. The Morgan fingerprint density at radius 1 is 0.467 bits per heavy atom. The van der Waals surface area contributed by atoms with Crippen LogP contribution in [0.15, 0.2) is 121 Å². The maximum Gasteiger partial charge on any atom is 0.116 e. The van der Waals surface area contributed by atoms with Gasteiger partial charge in [-0.2, -0.15) is 0 Å². The van der Waals surface area contributed by atoms with E-state index in [-0.39, 0.29) is 0 Å². The van der Waals surface area contributed by atoms with E-state index in [0.29, 0.717) is 0 Å². The summed E-state index contributed by atoms with van der Waals surface area (Å²) in [5.74, 6) is 0. The van der Waals surface area contributed by atoms with Crippen LogP contribution in [0.5, 0.6) is 0 Å². The third kappa shape index (κ3) is 6.16. The molecule has 0 heterocycles. The second kappa shape index (κ2) is 12.0. The maximum atomic E-state index is 5.01. The zero-order valence-corrected chi connectivity index (χ0v) is 22.7. The SMILES string of the molecule is [Cl][Zn-]([Cl])[Cl].c1ccc(C[P+](c2ccccc2)(c2ccccc2)c2ccccc2)cc1. The Morgan fingerprint density at radius 3 is 1.03 bits per heavy atom. The summed E-state index contributed by atoms with van der Waals surface area (Å²) in [6.45, 7) is 0. The van der Waals surface area contributed by atoms with Crippen molar-refractivity contribution < 1.29 is 13.0 Å². The Kier molecular flexibility index (Phi) is 9.38. The van der Waals surface area contributed by atoms with Crippen LogP contribution < -0.4 is 15.9 Å². The monoisotopic (exact) mass is 522 g/mol. The molecule has 0 atom stereocenters. The Labute approximate surface area is 197 Å². The molecule has 0 spiro atoms. The molecule has 0 radical (unpaired) electrons. The van der Waals surface area contributed by atoms with Gasteiger partial charge in [0.15, 0.2) is 0 Å². The van der Waals surface area contributed by atoms with Crippen LogP contribution in [0.2, 0.25) is 0 Å². The molecular weight excluding hydrogens is 503 g/mol. The zero-order chi connectivity index (χ0) is 21.2. The quantitative estimate of drug-likeness (QED) is 0.190. The normalized spacial score (nSPS) is 10.6. The molecule has 0 saturated heterocycles. The van der Waals surface area contributed by atoms with Crippen LogP contribution in [-0.2, 0) is 19.1 Å². The van der Waals surface area contributed by atoms with Crippen LogP contribution in [0.3, 0.4) is 0 Å². The van der Waals surface area contributed by atoms with Gasteiger partial charge in [0.05, 0.1) is 6.16 Å². The summed E-state index contributed by atoms with van der Waals surface area (Å²) in [5.41, 5.74) is 1.39. The third-order valence-corrected chi connectivity index (χ3v) is 9.23. The van der Waals surface area contributed by atoms with Crippen LogP contribution in [0.1, 0.15) is 5.56 Å². The van der Waals surface area contributed by atoms with Crippen molar-refractivity contribution in [1.82, 2.24) is 0 Å². The summed E-state index contributed by atoms with van der Waals surface area (Å²) in [6, 6.07) is 44.0. The summed E-state index contributed by atoms with van der Waals surface area (Å²) < 4.78 is 0. The minimum absolute atomic E-state index is 1.03. The average Bonchev–Trinajstić information content (AvgIpc) is 2.80. The van der Waals surface area contributed by atoms with Gasteiger partial charge in [-0.1, -0.05) is 84.9 Å². The van der Waals surface area contributed by atoms with Crippen molar-refractivity contribution in [1.29, 1.82) is 0 Å². The largest absolute Gasteiger partial charge is 0.116 e. The number of halogens is 3. The van der Waals surface area contributed by atoms with Crippen molar-refractivity contribution in [2.45, 2.75) is 6.16 Å². The molecule has 0 N–H and O–H groups in total. The Hall–Kier alpha value is -1.20. The van der Waals surface area contributed by atoms with E-state index in [2.05, 4.69) is 121 Å². The van der Waals surface area contributed by atoms with Gasteiger partial charge in [-0.05, 0) is 42.0 Å². The second-order valence-electron chi connectivity index (χ2n) is 6.76. The summed E-state index contributed by atoms with van der Waals surface area (Å²) >= 11 is -2.21. The molecule has 4 aromatic rings. The molecular formula is C25H22Cl3PZn. The predicted molar refractivity (Wildman–Crippen MR) is 133 cm³/mol. The van der Waals surface area contributed by atoms with E-state index in [1.165, 1.54) is 21.5 Å². The molecule has 0 fully saturated rings.